The normalized spacial score (nSPS) is 14.8. The number of rotatable bonds is 14. The van der Waals surface area contributed by atoms with E-state index < -0.39 is 36.1 Å². The number of nitrogens with two attached hydrogens (primary N) is 1. The zero-order valence-electron chi connectivity index (χ0n) is 28.5. The molecule has 12 heteroatoms. The van der Waals surface area contributed by atoms with Crippen LogP contribution in [0.3, 0.4) is 0 Å². The summed E-state index contributed by atoms with van der Waals surface area (Å²) in [4.78, 5) is 9.81. The predicted octanol–water partition coefficient (Wildman–Crippen LogP) is 7.26. The molecule has 2 unspecified atom stereocenters. The van der Waals surface area contributed by atoms with Gasteiger partial charge in [0.25, 0.3) is 0 Å². The number of benzene rings is 1. The summed E-state index contributed by atoms with van der Waals surface area (Å²) in [6.45, 7) is 17.3. The highest BCUT2D eigenvalue weighted by atomic mass is 32.2. The molecule has 3 atom stereocenters. The third kappa shape index (κ3) is 8.27. The van der Waals surface area contributed by atoms with E-state index in [1.54, 1.807) is 37.9 Å². The number of pyridine rings is 2. The topological polar surface area (TPSA) is 114 Å². The largest absolute Gasteiger partial charge is 0.490 e. The molecule has 3 heterocycles. The van der Waals surface area contributed by atoms with Gasteiger partial charge >= 0.3 is 0 Å². The third-order valence-electron chi connectivity index (χ3n) is 8.85. The summed E-state index contributed by atoms with van der Waals surface area (Å²) in [6, 6.07) is 15.3. The Hall–Kier alpha value is -3.03. The maximum atomic E-state index is 15.0. The number of alkyl halides is 1. The van der Waals surface area contributed by atoms with Crippen LogP contribution in [0.4, 0.5) is 4.39 Å². The van der Waals surface area contributed by atoms with Crippen molar-refractivity contribution in [1.82, 2.24) is 19.7 Å². The van der Waals surface area contributed by atoms with Gasteiger partial charge in [-0.1, -0.05) is 32.9 Å². The van der Waals surface area contributed by atoms with E-state index in [9.17, 15) is 8.60 Å². The van der Waals surface area contributed by atoms with E-state index in [-0.39, 0.29) is 11.5 Å². The fraction of sp³-hybridized carbons (Fsp3) is 0.500. The molecule has 0 bridgehead atoms. The first-order valence-electron chi connectivity index (χ1n) is 15.6. The zero-order chi connectivity index (χ0) is 33.9. The Morgan fingerprint density at radius 3 is 2.41 bits per heavy atom. The van der Waals surface area contributed by atoms with Gasteiger partial charge in [0.05, 0.1) is 57.4 Å². The lowest BCUT2D eigenvalue weighted by Gasteiger charge is -2.36. The maximum Gasteiger partial charge on any atom is 0.192 e. The molecule has 0 radical (unpaired) electrons. The van der Waals surface area contributed by atoms with Crippen LogP contribution < -0.4 is 9.88 Å². The lowest BCUT2D eigenvalue weighted by atomic mass is 9.89. The van der Waals surface area contributed by atoms with Gasteiger partial charge in [0.2, 0.25) is 0 Å². The predicted molar refractivity (Wildman–Crippen MR) is 186 cm³/mol. The maximum absolute atomic E-state index is 15.0. The van der Waals surface area contributed by atoms with Gasteiger partial charge in [-0.15, -0.1) is 0 Å². The Balaban J connectivity index is 1.77. The van der Waals surface area contributed by atoms with Crippen molar-refractivity contribution in [1.29, 1.82) is 0 Å². The summed E-state index contributed by atoms with van der Waals surface area (Å²) in [5.41, 5.74) is 3.58. The first-order chi connectivity index (χ1) is 21.5. The van der Waals surface area contributed by atoms with Crippen molar-refractivity contribution in [3.63, 3.8) is 0 Å². The number of halogens is 1. The molecule has 0 aliphatic rings. The van der Waals surface area contributed by atoms with Crippen LogP contribution in [-0.2, 0) is 26.8 Å². The van der Waals surface area contributed by atoms with Crippen LogP contribution in [-0.4, -0.2) is 63.5 Å². The molecule has 0 saturated heterocycles. The minimum Gasteiger partial charge on any atom is -0.490 e. The molecule has 0 fully saturated rings. The third-order valence-corrected chi connectivity index (χ3v) is 14.6. The van der Waals surface area contributed by atoms with E-state index in [0.717, 1.165) is 22.2 Å². The Morgan fingerprint density at radius 2 is 1.76 bits per heavy atom. The highest BCUT2D eigenvalue weighted by molar-refractivity contribution is 7.84. The number of methoxy groups -OCH3 is 1. The fourth-order valence-electron chi connectivity index (χ4n) is 4.85. The molecule has 0 spiro atoms. The second kappa shape index (κ2) is 14.4. The monoisotopic (exact) mass is 669 g/mol. The van der Waals surface area contributed by atoms with E-state index in [0.29, 0.717) is 42.8 Å². The number of aromatic nitrogens is 4. The van der Waals surface area contributed by atoms with Gasteiger partial charge in [0, 0.05) is 24.3 Å². The molecule has 9 nitrogen and oxygen atoms in total. The molecular weight excluding hydrogens is 622 g/mol. The molecule has 0 aliphatic carbocycles. The van der Waals surface area contributed by atoms with Crippen molar-refractivity contribution in [3.05, 3.63) is 66.1 Å². The van der Waals surface area contributed by atoms with Gasteiger partial charge < -0.3 is 13.9 Å². The number of ether oxygens (including phenoxy) is 2. The van der Waals surface area contributed by atoms with E-state index in [4.69, 9.17) is 34.1 Å². The molecule has 0 aliphatic heterocycles. The minimum absolute atomic E-state index is 0.0887. The van der Waals surface area contributed by atoms with E-state index in [1.165, 1.54) is 6.92 Å². The lowest BCUT2D eigenvalue weighted by Crippen LogP contribution is -2.40. The van der Waals surface area contributed by atoms with Crippen LogP contribution in [0.15, 0.2) is 54.7 Å². The van der Waals surface area contributed by atoms with Crippen molar-refractivity contribution in [2.45, 2.75) is 89.5 Å². The van der Waals surface area contributed by atoms with Crippen molar-refractivity contribution >= 4 is 30.2 Å². The SMILES string of the molecule is COCCOc1cc(-c2cccc([C@H](CC(C)(C)S(N)=O)C(C)F)n2)cc2c1cnn2-c1cccc(CO[Si](C)(C)C(C)(C)C)n1. The smallest absolute Gasteiger partial charge is 0.192 e. The molecule has 0 saturated carbocycles. The standard InChI is InChI=1S/C34H48FN5O4SSi/c1-23(35)26(20-34(5,6)45(36)41)29-14-11-13-28(39-29)24-18-30-27(31(19-24)43-17-16-42-7)21-37-40(30)32-15-10-12-25(38-32)22-44-46(8,9)33(2,3)4/h10-15,18-19,21,23,26H,16-17,20,22,36H2,1-9H3/t23?,26-,45?/m1/s1. The number of fused-ring (bicyclic) bond motifs is 1. The zero-order valence-corrected chi connectivity index (χ0v) is 30.3. The number of hydrogen-bond donors (Lipinski definition) is 1. The first-order valence-corrected chi connectivity index (χ1v) is 19.7. The Kier molecular flexibility index (Phi) is 11.2. The molecular formula is C34H48FN5O4SSi. The van der Waals surface area contributed by atoms with Crippen molar-refractivity contribution in [2.75, 3.05) is 20.3 Å². The van der Waals surface area contributed by atoms with Crippen LogP contribution in [0.5, 0.6) is 5.75 Å². The molecule has 3 aromatic heterocycles. The summed E-state index contributed by atoms with van der Waals surface area (Å²) < 4.78 is 46.0. The summed E-state index contributed by atoms with van der Waals surface area (Å²) >= 11 is 0. The van der Waals surface area contributed by atoms with E-state index >= 15 is 0 Å². The molecule has 4 rings (SSSR count). The lowest BCUT2D eigenvalue weighted by molar-refractivity contribution is 0.147. The Labute approximate surface area is 275 Å². The summed E-state index contributed by atoms with van der Waals surface area (Å²) in [6.07, 6.45) is 0.825. The van der Waals surface area contributed by atoms with Crippen molar-refractivity contribution < 1.29 is 22.5 Å². The molecule has 0 amide bonds. The molecule has 250 valence electrons. The highest BCUT2D eigenvalue weighted by Crippen LogP contribution is 2.38. The second-order valence-corrected chi connectivity index (χ2v) is 20.3. The molecule has 46 heavy (non-hydrogen) atoms. The van der Waals surface area contributed by atoms with Crippen molar-refractivity contribution in [2.24, 2.45) is 5.14 Å². The Morgan fingerprint density at radius 1 is 1.04 bits per heavy atom. The average Bonchev–Trinajstić information content (AvgIpc) is 3.43. The van der Waals surface area contributed by atoms with E-state index in [1.807, 2.05) is 42.5 Å². The highest BCUT2D eigenvalue weighted by Gasteiger charge is 2.37. The van der Waals surface area contributed by atoms with Crippen LogP contribution in [0.25, 0.3) is 28.0 Å². The van der Waals surface area contributed by atoms with Crippen molar-refractivity contribution in [3.8, 4) is 22.8 Å². The molecule has 4 aromatic rings. The average molecular weight is 670 g/mol. The van der Waals surface area contributed by atoms with Crippen LogP contribution >= 0.6 is 0 Å². The van der Waals surface area contributed by atoms with Gasteiger partial charge in [-0.2, -0.15) is 5.10 Å². The first kappa shape index (κ1) is 35.8. The van der Waals surface area contributed by atoms with Gasteiger partial charge in [-0.3, -0.25) is 10.1 Å². The minimum atomic E-state index is -1.96. The Bertz CT molecular complexity index is 1670. The summed E-state index contributed by atoms with van der Waals surface area (Å²) in [7, 11) is -1.96. The molecule has 1 aromatic carbocycles. The second-order valence-electron chi connectivity index (χ2n) is 13.8. The van der Waals surface area contributed by atoms with Crippen LogP contribution in [0.2, 0.25) is 18.1 Å². The quantitative estimate of drug-likeness (QED) is 0.111. The van der Waals surface area contributed by atoms with Gasteiger partial charge in [-0.05, 0) is 81.7 Å². The number of nitrogens with zero attached hydrogens (tertiary/aromatic N) is 4. The number of hydrogen-bond acceptors (Lipinski definition) is 7. The summed E-state index contributed by atoms with van der Waals surface area (Å²) in [5.74, 6) is 0.682. The van der Waals surface area contributed by atoms with Crippen LogP contribution in [0.1, 0.15) is 65.3 Å². The molecule has 2 N–H and O–H groups in total. The fourth-order valence-corrected chi connectivity index (χ4v) is 6.13. The van der Waals surface area contributed by atoms with Crippen LogP contribution in [0, 0.1) is 0 Å². The summed E-state index contributed by atoms with van der Waals surface area (Å²) in [5, 5.41) is 11.3. The van der Waals surface area contributed by atoms with Gasteiger partial charge in [-0.25, -0.2) is 18.3 Å². The van der Waals surface area contributed by atoms with E-state index in [2.05, 4.69) is 33.9 Å². The van der Waals surface area contributed by atoms with Gasteiger partial charge in [0.1, 0.15) is 18.5 Å². The van der Waals surface area contributed by atoms with Gasteiger partial charge in [0.15, 0.2) is 14.1 Å².